The Morgan fingerprint density at radius 3 is 2.24 bits per heavy atom. The molecule has 3 rings (SSSR count). The maximum atomic E-state index is 12.7. The van der Waals surface area contributed by atoms with E-state index in [9.17, 15) is 9.59 Å². The minimum absolute atomic E-state index is 0.0230. The number of piperazine rings is 1. The molecule has 154 valence electrons. The van der Waals surface area contributed by atoms with Gasteiger partial charge >= 0.3 is 0 Å². The summed E-state index contributed by atoms with van der Waals surface area (Å²) in [7, 11) is 1.81. The van der Waals surface area contributed by atoms with Crippen molar-refractivity contribution < 1.29 is 9.59 Å². The Morgan fingerprint density at radius 1 is 1.10 bits per heavy atom. The van der Waals surface area contributed by atoms with Crippen LogP contribution in [0.5, 0.6) is 0 Å². The summed E-state index contributed by atoms with van der Waals surface area (Å²) in [6, 6.07) is 20.4. The predicted molar refractivity (Wildman–Crippen MR) is 116 cm³/mol. The number of benzene rings is 2. The molecule has 2 aromatic carbocycles. The highest BCUT2D eigenvalue weighted by molar-refractivity contribution is 5.88. The maximum Gasteiger partial charge on any atom is 0.237 e. The zero-order valence-electron chi connectivity index (χ0n) is 17.4. The summed E-state index contributed by atoms with van der Waals surface area (Å²) in [5.74, 6) is 0.124. The highest BCUT2D eigenvalue weighted by Crippen LogP contribution is 2.27. The third-order valence-electron chi connectivity index (χ3n) is 5.62. The van der Waals surface area contributed by atoms with Crippen LogP contribution in [0.4, 0.5) is 0 Å². The molecule has 0 aliphatic carbocycles. The average molecular weight is 394 g/mol. The third-order valence-corrected chi connectivity index (χ3v) is 5.62. The molecule has 1 fully saturated rings. The molecular weight excluding hydrogens is 362 g/mol. The van der Waals surface area contributed by atoms with Crippen LogP contribution in [-0.2, 0) is 9.59 Å². The van der Waals surface area contributed by atoms with Gasteiger partial charge in [-0.15, -0.1) is 0 Å². The number of hydrogen-bond acceptors (Lipinski definition) is 3. The fourth-order valence-electron chi connectivity index (χ4n) is 3.99. The lowest BCUT2D eigenvalue weighted by Gasteiger charge is -2.37. The molecule has 0 bridgehead atoms. The molecule has 0 unspecified atom stereocenters. The normalized spacial score (nSPS) is 17.2. The highest BCUT2D eigenvalue weighted by Gasteiger charge is 2.34. The number of carbonyl (C=O) groups is 2. The van der Waals surface area contributed by atoms with Crippen LogP contribution in [0.2, 0.25) is 0 Å². The molecule has 2 amide bonds. The molecule has 1 heterocycles. The standard InChI is InChI=1S/C24H31N3O2/c1-3-15-26(2)23(28)17-22-24(29)25-14-16-27(22)18-21(19-10-6-4-7-11-19)20-12-8-5-9-13-20/h4-13,21-22H,3,14-18H2,1-2H3,(H,25,29)/t22-/m0/s1. The molecule has 1 atom stereocenters. The van der Waals surface area contributed by atoms with Gasteiger partial charge in [-0.2, -0.15) is 0 Å². The van der Waals surface area contributed by atoms with Crippen molar-refractivity contribution >= 4 is 11.8 Å². The molecule has 1 N–H and O–H groups in total. The van der Waals surface area contributed by atoms with E-state index in [4.69, 9.17) is 0 Å². The summed E-state index contributed by atoms with van der Waals surface area (Å²) in [5, 5.41) is 2.94. The zero-order chi connectivity index (χ0) is 20.6. The number of carbonyl (C=O) groups excluding carboxylic acids is 2. The third kappa shape index (κ3) is 5.45. The Labute approximate surface area is 173 Å². The van der Waals surface area contributed by atoms with Crippen molar-refractivity contribution in [2.24, 2.45) is 0 Å². The van der Waals surface area contributed by atoms with Gasteiger partial charge in [0.25, 0.3) is 0 Å². The van der Waals surface area contributed by atoms with Gasteiger partial charge in [0, 0.05) is 39.1 Å². The average Bonchev–Trinajstić information content (AvgIpc) is 2.75. The molecule has 0 saturated carbocycles. The molecule has 0 spiro atoms. The Morgan fingerprint density at radius 2 is 1.69 bits per heavy atom. The van der Waals surface area contributed by atoms with Gasteiger partial charge in [0.1, 0.15) is 0 Å². The van der Waals surface area contributed by atoms with Crippen LogP contribution in [0.3, 0.4) is 0 Å². The van der Waals surface area contributed by atoms with Crippen molar-refractivity contribution in [1.82, 2.24) is 15.1 Å². The predicted octanol–water partition coefficient (Wildman–Crippen LogP) is 2.88. The van der Waals surface area contributed by atoms with Gasteiger partial charge in [-0.3, -0.25) is 14.5 Å². The van der Waals surface area contributed by atoms with Crippen molar-refractivity contribution in [3.8, 4) is 0 Å². The summed E-state index contributed by atoms with van der Waals surface area (Å²) >= 11 is 0. The van der Waals surface area contributed by atoms with Gasteiger partial charge in [-0.1, -0.05) is 67.6 Å². The molecule has 0 radical (unpaired) electrons. The second kappa shape index (κ2) is 10.2. The topological polar surface area (TPSA) is 52.7 Å². The summed E-state index contributed by atoms with van der Waals surface area (Å²) in [4.78, 5) is 29.2. The first-order chi connectivity index (χ1) is 14.1. The summed E-state index contributed by atoms with van der Waals surface area (Å²) in [6.45, 7) is 4.83. The maximum absolute atomic E-state index is 12.7. The number of nitrogens with one attached hydrogen (secondary N) is 1. The van der Waals surface area contributed by atoms with E-state index in [2.05, 4.69) is 58.7 Å². The quantitative estimate of drug-likeness (QED) is 0.750. The lowest BCUT2D eigenvalue weighted by molar-refractivity contribution is -0.138. The van der Waals surface area contributed by atoms with Gasteiger partial charge in [0.05, 0.1) is 12.5 Å². The molecule has 1 aliphatic rings. The van der Waals surface area contributed by atoms with Crippen molar-refractivity contribution in [1.29, 1.82) is 0 Å². The fourth-order valence-corrected chi connectivity index (χ4v) is 3.99. The number of amides is 2. The summed E-state index contributed by atoms with van der Waals surface area (Å²) in [6.07, 6.45) is 1.13. The number of nitrogens with zero attached hydrogens (tertiary/aromatic N) is 2. The molecular formula is C24H31N3O2. The highest BCUT2D eigenvalue weighted by atomic mass is 16.2. The second-order valence-corrected chi connectivity index (χ2v) is 7.70. The van der Waals surface area contributed by atoms with Crippen LogP contribution < -0.4 is 5.32 Å². The summed E-state index contributed by atoms with van der Waals surface area (Å²) < 4.78 is 0. The van der Waals surface area contributed by atoms with E-state index in [-0.39, 0.29) is 24.2 Å². The van der Waals surface area contributed by atoms with E-state index in [1.165, 1.54) is 11.1 Å². The van der Waals surface area contributed by atoms with Crippen LogP contribution in [0.1, 0.15) is 36.8 Å². The van der Waals surface area contributed by atoms with Crippen molar-refractivity contribution in [2.45, 2.75) is 31.7 Å². The SMILES string of the molecule is CCCN(C)C(=O)C[C@H]1C(=O)NCCN1CC(c1ccccc1)c1ccccc1. The smallest absolute Gasteiger partial charge is 0.237 e. The van der Waals surface area contributed by atoms with E-state index in [0.29, 0.717) is 19.6 Å². The molecule has 29 heavy (non-hydrogen) atoms. The summed E-state index contributed by atoms with van der Waals surface area (Å²) in [5.41, 5.74) is 2.44. The van der Waals surface area contributed by atoms with Crippen molar-refractivity contribution in [3.63, 3.8) is 0 Å². The Hall–Kier alpha value is -2.66. The largest absolute Gasteiger partial charge is 0.353 e. The van der Waals surface area contributed by atoms with E-state index in [1.807, 2.05) is 26.1 Å². The van der Waals surface area contributed by atoms with Crippen LogP contribution in [0.15, 0.2) is 60.7 Å². The van der Waals surface area contributed by atoms with Crippen LogP contribution in [0.25, 0.3) is 0 Å². The molecule has 0 aromatic heterocycles. The monoisotopic (exact) mass is 393 g/mol. The number of rotatable bonds is 8. The minimum atomic E-state index is -0.425. The van der Waals surface area contributed by atoms with Gasteiger partial charge in [0.2, 0.25) is 11.8 Å². The molecule has 1 saturated heterocycles. The second-order valence-electron chi connectivity index (χ2n) is 7.70. The van der Waals surface area contributed by atoms with E-state index in [0.717, 1.165) is 13.0 Å². The Balaban J connectivity index is 1.82. The zero-order valence-corrected chi connectivity index (χ0v) is 17.4. The van der Waals surface area contributed by atoms with Crippen molar-refractivity contribution in [3.05, 3.63) is 71.8 Å². The molecule has 5 nitrogen and oxygen atoms in total. The Kier molecular flexibility index (Phi) is 7.42. The van der Waals surface area contributed by atoms with E-state index < -0.39 is 6.04 Å². The molecule has 2 aromatic rings. The van der Waals surface area contributed by atoms with Crippen LogP contribution in [0, 0.1) is 0 Å². The van der Waals surface area contributed by atoms with Gasteiger partial charge in [0.15, 0.2) is 0 Å². The van der Waals surface area contributed by atoms with Crippen LogP contribution in [-0.4, -0.2) is 60.9 Å². The molecule has 5 heteroatoms. The van der Waals surface area contributed by atoms with Gasteiger partial charge in [-0.25, -0.2) is 0 Å². The Bertz CT molecular complexity index is 755. The fraction of sp³-hybridized carbons (Fsp3) is 0.417. The van der Waals surface area contributed by atoms with E-state index >= 15 is 0 Å². The van der Waals surface area contributed by atoms with Gasteiger partial charge < -0.3 is 10.2 Å². The number of hydrogen-bond donors (Lipinski definition) is 1. The van der Waals surface area contributed by atoms with Gasteiger partial charge in [-0.05, 0) is 17.5 Å². The lowest BCUT2D eigenvalue weighted by Crippen LogP contribution is -2.57. The first-order valence-corrected chi connectivity index (χ1v) is 10.5. The van der Waals surface area contributed by atoms with E-state index in [1.54, 1.807) is 4.90 Å². The first kappa shape index (κ1) is 21.1. The lowest BCUT2D eigenvalue weighted by atomic mass is 9.90. The van der Waals surface area contributed by atoms with Crippen molar-refractivity contribution in [2.75, 3.05) is 33.2 Å². The first-order valence-electron chi connectivity index (χ1n) is 10.5. The minimum Gasteiger partial charge on any atom is -0.353 e. The molecule has 1 aliphatic heterocycles. The van der Waals surface area contributed by atoms with Crippen LogP contribution >= 0.6 is 0 Å².